The van der Waals surface area contributed by atoms with Crippen LogP contribution < -0.4 is 5.32 Å². The van der Waals surface area contributed by atoms with E-state index in [0.717, 1.165) is 44.3 Å². The molecule has 1 N–H and O–H groups in total. The number of piperidine rings is 1. The zero-order chi connectivity index (χ0) is 12.4. The summed E-state index contributed by atoms with van der Waals surface area (Å²) in [6.45, 7) is 4.99. The number of hydrogen-bond acceptors (Lipinski definition) is 5. The first-order valence-electron chi connectivity index (χ1n) is 6.96. The number of nitrogens with zero attached hydrogens (tertiary/aromatic N) is 2. The van der Waals surface area contributed by atoms with Gasteiger partial charge in [-0.3, -0.25) is 0 Å². The minimum atomic E-state index is 0.236. The first-order chi connectivity index (χ1) is 8.83. The number of ether oxygens (including phenoxy) is 1. The average molecular weight is 251 g/mol. The second kappa shape index (κ2) is 5.36. The average Bonchev–Trinajstić information content (AvgIpc) is 3.02. The lowest BCUT2D eigenvalue weighted by molar-refractivity contribution is 0.185. The summed E-state index contributed by atoms with van der Waals surface area (Å²) in [7, 11) is 0. The van der Waals surface area contributed by atoms with Gasteiger partial charge in [0, 0.05) is 19.6 Å². The first kappa shape index (κ1) is 12.1. The standard InChI is InChI=1S/C13H21N3O2/c1-9-3-2-5-14-12(9)13-15-11(16-18-13)7-10-4-6-17-8-10/h9-10,12,14H,2-8H2,1H3. The van der Waals surface area contributed by atoms with Crippen LogP contribution in [0.15, 0.2) is 4.52 Å². The maximum absolute atomic E-state index is 5.42. The van der Waals surface area contributed by atoms with Crippen LogP contribution in [0, 0.1) is 11.8 Å². The Morgan fingerprint density at radius 1 is 1.39 bits per heavy atom. The van der Waals surface area contributed by atoms with Crippen molar-refractivity contribution in [2.45, 2.75) is 38.6 Å². The van der Waals surface area contributed by atoms with Crippen LogP contribution in [0.5, 0.6) is 0 Å². The maximum Gasteiger partial charge on any atom is 0.244 e. The maximum atomic E-state index is 5.42. The Balaban J connectivity index is 1.64. The molecule has 5 nitrogen and oxygen atoms in total. The Morgan fingerprint density at radius 3 is 3.11 bits per heavy atom. The van der Waals surface area contributed by atoms with Gasteiger partial charge >= 0.3 is 0 Å². The van der Waals surface area contributed by atoms with E-state index in [2.05, 4.69) is 22.4 Å². The fraction of sp³-hybridized carbons (Fsp3) is 0.846. The molecule has 2 saturated heterocycles. The normalized spacial score (nSPS) is 32.8. The van der Waals surface area contributed by atoms with Crippen molar-refractivity contribution in [2.75, 3.05) is 19.8 Å². The van der Waals surface area contributed by atoms with Gasteiger partial charge in [-0.25, -0.2) is 0 Å². The van der Waals surface area contributed by atoms with E-state index in [-0.39, 0.29) is 6.04 Å². The highest BCUT2D eigenvalue weighted by molar-refractivity contribution is 4.97. The van der Waals surface area contributed by atoms with Crippen LogP contribution in [0.3, 0.4) is 0 Å². The van der Waals surface area contributed by atoms with E-state index in [4.69, 9.17) is 9.26 Å². The highest BCUT2D eigenvalue weighted by Crippen LogP contribution is 2.28. The fourth-order valence-electron chi connectivity index (χ4n) is 2.86. The lowest BCUT2D eigenvalue weighted by Gasteiger charge is -2.26. The third-order valence-electron chi connectivity index (χ3n) is 4.01. The molecule has 0 aliphatic carbocycles. The van der Waals surface area contributed by atoms with Crippen LogP contribution in [-0.4, -0.2) is 29.9 Å². The molecular formula is C13H21N3O2. The third-order valence-corrected chi connectivity index (χ3v) is 4.01. The van der Waals surface area contributed by atoms with Crippen molar-refractivity contribution in [1.82, 2.24) is 15.5 Å². The van der Waals surface area contributed by atoms with E-state index in [9.17, 15) is 0 Å². The van der Waals surface area contributed by atoms with Gasteiger partial charge in [0.15, 0.2) is 5.82 Å². The molecule has 0 bridgehead atoms. The summed E-state index contributed by atoms with van der Waals surface area (Å²) in [6, 6.07) is 0.236. The summed E-state index contributed by atoms with van der Waals surface area (Å²) < 4.78 is 10.8. The van der Waals surface area contributed by atoms with Crippen LogP contribution >= 0.6 is 0 Å². The first-order valence-corrected chi connectivity index (χ1v) is 6.96. The van der Waals surface area contributed by atoms with Crippen LogP contribution in [0.25, 0.3) is 0 Å². The number of aromatic nitrogens is 2. The minimum Gasteiger partial charge on any atom is -0.381 e. The fourth-order valence-corrected chi connectivity index (χ4v) is 2.86. The van der Waals surface area contributed by atoms with E-state index in [0.29, 0.717) is 11.8 Å². The Bertz CT molecular complexity index is 387. The largest absolute Gasteiger partial charge is 0.381 e. The minimum absolute atomic E-state index is 0.236. The molecule has 3 heterocycles. The van der Waals surface area contributed by atoms with Crippen molar-refractivity contribution in [2.24, 2.45) is 11.8 Å². The molecule has 2 aliphatic rings. The zero-order valence-electron chi connectivity index (χ0n) is 10.9. The molecule has 5 heteroatoms. The van der Waals surface area contributed by atoms with Crippen molar-refractivity contribution >= 4 is 0 Å². The number of hydrogen-bond donors (Lipinski definition) is 1. The highest BCUT2D eigenvalue weighted by Gasteiger charge is 2.28. The van der Waals surface area contributed by atoms with Gasteiger partial charge in [-0.15, -0.1) is 0 Å². The van der Waals surface area contributed by atoms with Gasteiger partial charge in [-0.2, -0.15) is 4.98 Å². The molecule has 2 fully saturated rings. The Kier molecular flexibility index (Phi) is 3.61. The Labute approximate surface area is 107 Å². The molecule has 2 aliphatic heterocycles. The van der Waals surface area contributed by atoms with Crippen molar-refractivity contribution < 1.29 is 9.26 Å². The molecule has 3 rings (SSSR count). The molecule has 1 aromatic rings. The second-order valence-electron chi connectivity index (χ2n) is 5.53. The van der Waals surface area contributed by atoms with E-state index in [1.54, 1.807) is 0 Å². The van der Waals surface area contributed by atoms with Crippen LogP contribution in [0.4, 0.5) is 0 Å². The monoisotopic (exact) mass is 251 g/mol. The SMILES string of the molecule is CC1CCCNC1c1nc(CC2CCOC2)no1. The van der Waals surface area contributed by atoms with Crippen LogP contribution in [0.1, 0.15) is 43.9 Å². The molecule has 100 valence electrons. The molecule has 18 heavy (non-hydrogen) atoms. The molecule has 0 aromatic carbocycles. The zero-order valence-corrected chi connectivity index (χ0v) is 10.9. The molecule has 0 radical (unpaired) electrons. The van der Waals surface area contributed by atoms with Gasteiger partial charge in [0.2, 0.25) is 5.89 Å². The second-order valence-corrected chi connectivity index (χ2v) is 5.53. The summed E-state index contributed by atoms with van der Waals surface area (Å²) >= 11 is 0. The molecule has 0 amide bonds. The Hall–Kier alpha value is -0.940. The number of nitrogens with one attached hydrogen (secondary N) is 1. The number of rotatable bonds is 3. The quantitative estimate of drug-likeness (QED) is 0.886. The highest BCUT2D eigenvalue weighted by atomic mass is 16.5. The van der Waals surface area contributed by atoms with Crippen molar-refractivity contribution in [1.29, 1.82) is 0 Å². The third kappa shape index (κ3) is 2.57. The summed E-state index contributed by atoms with van der Waals surface area (Å²) in [6.07, 6.45) is 4.45. The summed E-state index contributed by atoms with van der Waals surface area (Å²) in [4.78, 5) is 4.55. The van der Waals surface area contributed by atoms with E-state index in [1.807, 2.05) is 0 Å². The predicted octanol–water partition coefficient (Wildman–Crippen LogP) is 1.71. The molecule has 1 aromatic heterocycles. The van der Waals surface area contributed by atoms with Gasteiger partial charge in [0.05, 0.1) is 6.04 Å². The summed E-state index contributed by atoms with van der Waals surface area (Å²) in [5.74, 6) is 2.73. The molecule has 3 unspecified atom stereocenters. The van der Waals surface area contributed by atoms with E-state index >= 15 is 0 Å². The summed E-state index contributed by atoms with van der Waals surface area (Å²) in [5, 5.41) is 7.58. The molecule has 0 spiro atoms. The van der Waals surface area contributed by atoms with Crippen molar-refractivity contribution in [3.63, 3.8) is 0 Å². The van der Waals surface area contributed by atoms with Gasteiger partial charge in [0.1, 0.15) is 0 Å². The smallest absolute Gasteiger partial charge is 0.244 e. The topological polar surface area (TPSA) is 60.2 Å². The molecule has 0 saturated carbocycles. The van der Waals surface area contributed by atoms with E-state index in [1.165, 1.54) is 12.8 Å². The van der Waals surface area contributed by atoms with Gasteiger partial charge in [0.25, 0.3) is 0 Å². The van der Waals surface area contributed by atoms with Crippen LogP contribution in [-0.2, 0) is 11.2 Å². The lowest BCUT2D eigenvalue weighted by Crippen LogP contribution is -2.33. The lowest BCUT2D eigenvalue weighted by atomic mass is 9.93. The van der Waals surface area contributed by atoms with E-state index < -0.39 is 0 Å². The van der Waals surface area contributed by atoms with Crippen LogP contribution in [0.2, 0.25) is 0 Å². The summed E-state index contributed by atoms with van der Waals surface area (Å²) in [5.41, 5.74) is 0. The van der Waals surface area contributed by atoms with Gasteiger partial charge in [-0.05, 0) is 37.6 Å². The van der Waals surface area contributed by atoms with Crippen molar-refractivity contribution in [3.8, 4) is 0 Å². The van der Waals surface area contributed by atoms with Gasteiger partial charge in [-0.1, -0.05) is 12.1 Å². The van der Waals surface area contributed by atoms with Crippen molar-refractivity contribution in [3.05, 3.63) is 11.7 Å². The molecule has 3 atom stereocenters. The Morgan fingerprint density at radius 2 is 2.33 bits per heavy atom. The van der Waals surface area contributed by atoms with Gasteiger partial charge < -0.3 is 14.6 Å². The predicted molar refractivity (Wildman–Crippen MR) is 66.1 cm³/mol. The molecular weight excluding hydrogens is 230 g/mol.